The molecule has 0 aliphatic carbocycles. The van der Waals surface area contributed by atoms with Gasteiger partial charge in [-0.2, -0.15) is 4.31 Å². The number of aryl methyl sites for hydroxylation is 2. The largest absolute Gasteiger partial charge is 0.458 e. The van der Waals surface area contributed by atoms with Gasteiger partial charge in [0.25, 0.3) is 5.56 Å². The molecule has 0 amide bonds. The van der Waals surface area contributed by atoms with Gasteiger partial charge in [0.2, 0.25) is 10.0 Å². The zero-order chi connectivity index (χ0) is 22.2. The Morgan fingerprint density at radius 3 is 2.61 bits per heavy atom. The van der Waals surface area contributed by atoms with Crippen molar-refractivity contribution in [2.75, 3.05) is 6.54 Å². The molecule has 1 atom stereocenters. The quantitative estimate of drug-likeness (QED) is 0.563. The van der Waals surface area contributed by atoms with Gasteiger partial charge in [0.1, 0.15) is 18.3 Å². The van der Waals surface area contributed by atoms with Crippen LogP contribution in [-0.2, 0) is 26.2 Å². The molecule has 3 aromatic rings. The smallest absolute Gasteiger partial charge is 0.324 e. The molecule has 9 heteroatoms. The molecule has 0 radical (unpaired) electrons. The van der Waals surface area contributed by atoms with Gasteiger partial charge in [-0.1, -0.05) is 17.7 Å². The maximum absolute atomic E-state index is 13.0. The summed E-state index contributed by atoms with van der Waals surface area (Å²) in [6.07, 6.45) is 2.60. The van der Waals surface area contributed by atoms with Crippen LogP contribution in [0.3, 0.4) is 0 Å². The van der Waals surface area contributed by atoms with E-state index in [1.165, 1.54) is 14.8 Å². The monoisotopic (exact) mass is 441 g/mol. The van der Waals surface area contributed by atoms with Gasteiger partial charge in [-0.3, -0.25) is 14.0 Å². The van der Waals surface area contributed by atoms with Crippen molar-refractivity contribution in [2.24, 2.45) is 0 Å². The number of benzene rings is 1. The van der Waals surface area contributed by atoms with E-state index in [2.05, 4.69) is 4.98 Å². The second-order valence-electron chi connectivity index (χ2n) is 7.71. The number of hydrogen-bond acceptors (Lipinski definition) is 6. The minimum atomic E-state index is -3.81. The van der Waals surface area contributed by atoms with Crippen LogP contribution in [-0.4, -0.2) is 40.7 Å². The van der Waals surface area contributed by atoms with Crippen molar-refractivity contribution < 1.29 is 17.9 Å². The maximum atomic E-state index is 13.0. The van der Waals surface area contributed by atoms with E-state index < -0.39 is 22.0 Å². The molecular weight excluding hydrogens is 418 g/mol. The second-order valence-corrected chi connectivity index (χ2v) is 9.60. The van der Waals surface area contributed by atoms with E-state index in [0.29, 0.717) is 24.2 Å². The number of hydrogen-bond donors (Lipinski definition) is 0. The maximum Gasteiger partial charge on any atom is 0.324 e. The van der Waals surface area contributed by atoms with Crippen LogP contribution in [0.25, 0.3) is 5.65 Å². The zero-order valence-corrected chi connectivity index (χ0v) is 18.1. The number of fused-ring (bicyclic) bond motifs is 1. The topological polar surface area (TPSA) is 98.0 Å². The highest BCUT2D eigenvalue weighted by Gasteiger charge is 2.40. The lowest BCUT2D eigenvalue weighted by Crippen LogP contribution is -2.41. The highest BCUT2D eigenvalue weighted by Crippen LogP contribution is 2.27. The van der Waals surface area contributed by atoms with Crippen LogP contribution in [0.2, 0.25) is 0 Å². The Morgan fingerprint density at radius 1 is 1.13 bits per heavy atom. The van der Waals surface area contributed by atoms with Gasteiger partial charge in [0, 0.05) is 18.8 Å². The number of pyridine rings is 1. The third-order valence-corrected chi connectivity index (χ3v) is 7.26. The number of esters is 1. The Kier molecular flexibility index (Phi) is 5.63. The molecule has 1 aromatic carbocycles. The molecule has 4 rings (SSSR count). The van der Waals surface area contributed by atoms with Gasteiger partial charge in [-0.05, 0) is 56.5 Å². The molecule has 0 unspecified atom stereocenters. The van der Waals surface area contributed by atoms with Crippen molar-refractivity contribution in [3.63, 3.8) is 0 Å². The highest BCUT2D eigenvalue weighted by atomic mass is 32.2. The molecule has 0 saturated carbocycles. The summed E-state index contributed by atoms with van der Waals surface area (Å²) in [7, 11) is -3.81. The fraction of sp³-hybridized carbons (Fsp3) is 0.318. The number of ether oxygens (including phenoxy) is 1. The molecule has 0 bridgehead atoms. The lowest BCUT2D eigenvalue weighted by atomic mass is 10.2. The van der Waals surface area contributed by atoms with Crippen LogP contribution in [0.5, 0.6) is 0 Å². The first kappa shape index (κ1) is 21.2. The van der Waals surface area contributed by atoms with Crippen molar-refractivity contribution in [2.45, 2.75) is 44.2 Å². The Bertz CT molecular complexity index is 1300. The Hall–Kier alpha value is -3.04. The lowest BCUT2D eigenvalue weighted by molar-refractivity contribution is -0.148. The van der Waals surface area contributed by atoms with Crippen LogP contribution >= 0.6 is 0 Å². The number of carbonyl (C=O) groups excluding carboxylic acids is 1. The standard InChI is InChI=1S/C22H23N3O5S/c1-15-5-7-18(8-6-15)31(28,29)25-10-3-4-19(25)22(27)30-14-17-13-21(26)24-11-9-16(2)12-20(24)23-17/h5-9,11-13,19H,3-4,10,14H2,1-2H3/t19-/m0/s1. The molecule has 1 saturated heterocycles. The van der Waals surface area contributed by atoms with Gasteiger partial charge >= 0.3 is 5.97 Å². The van der Waals surface area contributed by atoms with Crippen LogP contribution in [0, 0.1) is 13.8 Å². The number of nitrogens with zero attached hydrogens (tertiary/aromatic N) is 3. The highest BCUT2D eigenvalue weighted by molar-refractivity contribution is 7.89. The molecule has 2 aromatic heterocycles. The van der Waals surface area contributed by atoms with Gasteiger partial charge in [-0.25, -0.2) is 13.4 Å². The molecule has 162 valence electrons. The lowest BCUT2D eigenvalue weighted by Gasteiger charge is -2.22. The third kappa shape index (κ3) is 4.24. The first-order valence-corrected chi connectivity index (χ1v) is 11.4. The van der Waals surface area contributed by atoms with E-state index in [9.17, 15) is 18.0 Å². The Balaban J connectivity index is 1.51. The fourth-order valence-corrected chi connectivity index (χ4v) is 5.32. The van der Waals surface area contributed by atoms with Crippen molar-refractivity contribution in [3.8, 4) is 0 Å². The minimum Gasteiger partial charge on any atom is -0.458 e. The number of carbonyl (C=O) groups is 1. The SMILES string of the molecule is Cc1ccc(S(=O)(=O)N2CCC[C@H]2C(=O)OCc2cc(=O)n3ccc(C)cc3n2)cc1. The summed E-state index contributed by atoms with van der Waals surface area (Å²) >= 11 is 0. The number of aromatic nitrogens is 2. The molecule has 8 nitrogen and oxygen atoms in total. The van der Waals surface area contributed by atoms with Crippen molar-refractivity contribution >= 4 is 21.6 Å². The zero-order valence-electron chi connectivity index (χ0n) is 17.3. The van der Waals surface area contributed by atoms with E-state index in [-0.39, 0.29) is 23.6 Å². The summed E-state index contributed by atoms with van der Waals surface area (Å²) in [4.78, 5) is 29.5. The summed E-state index contributed by atoms with van der Waals surface area (Å²) in [5.41, 5.74) is 2.40. The van der Waals surface area contributed by atoms with Crippen LogP contribution in [0.15, 0.2) is 58.4 Å². The van der Waals surface area contributed by atoms with E-state index in [0.717, 1.165) is 11.1 Å². The van der Waals surface area contributed by atoms with Gasteiger partial charge < -0.3 is 4.74 Å². The average molecular weight is 442 g/mol. The van der Waals surface area contributed by atoms with Crippen LogP contribution in [0.1, 0.15) is 29.7 Å². The summed E-state index contributed by atoms with van der Waals surface area (Å²) in [6.45, 7) is 3.82. The third-order valence-electron chi connectivity index (χ3n) is 5.34. The van der Waals surface area contributed by atoms with Crippen molar-refractivity contribution in [1.29, 1.82) is 0 Å². The average Bonchev–Trinajstić information content (AvgIpc) is 3.23. The van der Waals surface area contributed by atoms with Crippen LogP contribution < -0.4 is 5.56 Å². The van der Waals surface area contributed by atoms with Gasteiger partial charge in [0.05, 0.1) is 10.6 Å². The van der Waals surface area contributed by atoms with Gasteiger partial charge in [-0.15, -0.1) is 0 Å². The van der Waals surface area contributed by atoms with E-state index in [1.807, 2.05) is 13.8 Å². The van der Waals surface area contributed by atoms with E-state index in [4.69, 9.17) is 4.74 Å². The summed E-state index contributed by atoms with van der Waals surface area (Å²) in [5, 5.41) is 0. The summed E-state index contributed by atoms with van der Waals surface area (Å²) in [6, 6.07) is 10.5. The fourth-order valence-electron chi connectivity index (χ4n) is 3.68. The predicted octanol–water partition coefficient (Wildman–Crippen LogP) is 2.21. The molecule has 31 heavy (non-hydrogen) atoms. The molecule has 0 spiro atoms. The Labute approximate surface area is 180 Å². The molecule has 0 N–H and O–H groups in total. The first-order valence-electron chi connectivity index (χ1n) is 10.00. The van der Waals surface area contributed by atoms with Crippen molar-refractivity contribution in [3.05, 3.63) is 75.8 Å². The molecule has 3 heterocycles. The number of sulfonamides is 1. The summed E-state index contributed by atoms with van der Waals surface area (Å²) in [5.74, 6) is -0.639. The summed E-state index contributed by atoms with van der Waals surface area (Å²) < 4.78 is 34.0. The minimum absolute atomic E-state index is 0.150. The van der Waals surface area contributed by atoms with E-state index >= 15 is 0 Å². The normalized spacial score (nSPS) is 17.2. The molecule has 1 aliphatic rings. The first-order chi connectivity index (χ1) is 14.8. The second kappa shape index (κ2) is 8.24. The molecular formula is C22H23N3O5S. The van der Waals surface area contributed by atoms with Crippen LogP contribution in [0.4, 0.5) is 0 Å². The van der Waals surface area contributed by atoms with Gasteiger partial charge in [0.15, 0.2) is 0 Å². The Morgan fingerprint density at radius 2 is 1.87 bits per heavy atom. The predicted molar refractivity (Wildman–Crippen MR) is 114 cm³/mol. The van der Waals surface area contributed by atoms with Crippen molar-refractivity contribution in [1.82, 2.24) is 13.7 Å². The molecule has 1 aliphatic heterocycles. The molecule has 1 fully saturated rings. The number of rotatable bonds is 5. The van der Waals surface area contributed by atoms with E-state index in [1.54, 1.807) is 42.6 Å².